The first kappa shape index (κ1) is 18.0. The third-order valence-electron chi connectivity index (χ3n) is 5.38. The minimum atomic E-state index is 0.161. The molecule has 25 heavy (non-hydrogen) atoms. The summed E-state index contributed by atoms with van der Waals surface area (Å²) in [6.45, 7) is 10.6. The highest BCUT2D eigenvalue weighted by molar-refractivity contribution is 5.88. The van der Waals surface area contributed by atoms with Gasteiger partial charge in [-0.1, -0.05) is 13.8 Å². The third-order valence-corrected chi connectivity index (χ3v) is 5.38. The summed E-state index contributed by atoms with van der Waals surface area (Å²) >= 11 is 0. The Labute approximate surface area is 150 Å². The van der Waals surface area contributed by atoms with Crippen molar-refractivity contribution in [3.63, 3.8) is 0 Å². The first-order chi connectivity index (χ1) is 12.0. The smallest absolute Gasteiger partial charge is 0.226 e. The van der Waals surface area contributed by atoms with E-state index in [2.05, 4.69) is 37.8 Å². The quantitative estimate of drug-likeness (QED) is 0.797. The molecule has 0 bridgehead atoms. The predicted octanol–water partition coefficient (Wildman–Crippen LogP) is 3.96. The number of amides is 1. The summed E-state index contributed by atoms with van der Waals surface area (Å²) < 4.78 is 5.71. The van der Waals surface area contributed by atoms with Crippen LogP contribution in [0.25, 0.3) is 11.0 Å². The third kappa shape index (κ3) is 4.06. The van der Waals surface area contributed by atoms with Crippen molar-refractivity contribution in [1.29, 1.82) is 0 Å². The molecule has 0 spiro atoms. The second kappa shape index (κ2) is 7.61. The van der Waals surface area contributed by atoms with Crippen LogP contribution in [0.15, 0.2) is 22.8 Å². The number of furan rings is 1. The average molecular weight is 342 g/mol. The molecule has 1 aromatic carbocycles. The highest BCUT2D eigenvalue weighted by Crippen LogP contribution is 2.29. The maximum absolute atomic E-state index is 12.6. The number of fused-ring (bicyclic) bond motifs is 1. The Hall–Kier alpha value is -1.81. The summed E-state index contributed by atoms with van der Waals surface area (Å²) in [4.78, 5) is 16.9. The predicted molar refractivity (Wildman–Crippen MR) is 102 cm³/mol. The molecule has 0 saturated carbocycles. The van der Waals surface area contributed by atoms with Gasteiger partial charge in [-0.2, -0.15) is 0 Å². The van der Waals surface area contributed by atoms with Gasteiger partial charge in [-0.05, 0) is 62.0 Å². The molecule has 1 fully saturated rings. The standard InChI is InChI=1S/C21H30N2O2/c1-15(2)18-13-19-17(14-25-20(19)11-16(18)3)12-21(24)22(4)9-10-23-7-5-6-8-23/h11,13-15H,5-10,12H2,1-4H3. The Morgan fingerprint density at radius 3 is 2.68 bits per heavy atom. The second-order valence-corrected chi connectivity index (χ2v) is 7.66. The summed E-state index contributed by atoms with van der Waals surface area (Å²) in [7, 11) is 1.91. The van der Waals surface area contributed by atoms with Crippen LogP contribution >= 0.6 is 0 Å². The molecular formula is C21H30N2O2. The molecule has 0 aliphatic carbocycles. The van der Waals surface area contributed by atoms with Gasteiger partial charge in [0, 0.05) is 31.1 Å². The topological polar surface area (TPSA) is 36.7 Å². The van der Waals surface area contributed by atoms with Crippen LogP contribution in [-0.4, -0.2) is 48.9 Å². The van der Waals surface area contributed by atoms with Crippen LogP contribution < -0.4 is 0 Å². The largest absolute Gasteiger partial charge is 0.464 e. The lowest BCUT2D eigenvalue weighted by Crippen LogP contribution is -2.35. The van der Waals surface area contributed by atoms with Crippen molar-refractivity contribution in [3.8, 4) is 0 Å². The zero-order valence-electron chi connectivity index (χ0n) is 16.0. The lowest BCUT2D eigenvalue weighted by molar-refractivity contribution is -0.129. The number of aryl methyl sites for hydroxylation is 1. The fraction of sp³-hybridized carbons (Fsp3) is 0.571. The number of hydrogen-bond acceptors (Lipinski definition) is 3. The van der Waals surface area contributed by atoms with Crippen LogP contribution in [0.4, 0.5) is 0 Å². The van der Waals surface area contributed by atoms with E-state index >= 15 is 0 Å². The van der Waals surface area contributed by atoms with Crippen molar-refractivity contribution < 1.29 is 9.21 Å². The molecule has 2 aromatic rings. The van der Waals surface area contributed by atoms with E-state index in [0.717, 1.165) is 29.6 Å². The summed E-state index contributed by atoms with van der Waals surface area (Å²) in [6.07, 6.45) is 4.73. The number of rotatable bonds is 6. The molecule has 1 amide bonds. The molecule has 0 unspecified atom stereocenters. The van der Waals surface area contributed by atoms with Crippen LogP contribution in [0, 0.1) is 6.92 Å². The van der Waals surface area contributed by atoms with Gasteiger partial charge in [-0.25, -0.2) is 0 Å². The zero-order valence-corrected chi connectivity index (χ0v) is 16.0. The Balaban J connectivity index is 1.68. The maximum Gasteiger partial charge on any atom is 0.226 e. The number of carbonyl (C=O) groups is 1. The number of nitrogens with zero attached hydrogens (tertiary/aromatic N) is 2. The lowest BCUT2D eigenvalue weighted by atomic mass is 9.95. The van der Waals surface area contributed by atoms with Crippen LogP contribution in [-0.2, 0) is 11.2 Å². The van der Waals surface area contributed by atoms with Gasteiger partial charge in [-0.3, -0.25) is 4.79 Å². The molecule has 3 rings (SSSR count). The summed E-state index contributed by atoms with van der Waals surface area (Å²) in [6, 6.07) is 4.29. The van der Waals surface area contributed by atoms with E-state index in [1.165, 1.54) is 37.1 Å². The van der Waals surface area contributed by atoms with E-state index in [4.69, 9.17) is 4.42 Å². The van der Waals surface area contributed by atoms with Crippen LogP contribution in [0.5, 0.6) is 0 Å². The molecule has 4 nitrogen and oxygen atoms in total. The first-order valence-corrected chi connectivity index (χ1v) is 9.42. The molecule has 1 aromatic heterocycles. The number of likely N-dealkylation sites (tertiary alicyclic amines) is 1. The average Bonchev–Trinajstić information content (AvgIpc) is 3.21. The Kier molecular flexibility index (Phi) is 5.48. The molecular weight excluding hydrogens is 312 g/mol. The van der Waals surface area contributed by atoms with E-state index in [0.29, 0.717) is 12.3 Å². The van der Waals surface area contributed by atoms with Crippen molar-refractivity contribution in [2.45, 2.75) is 46.0 Å². The summed E-state index contributed by atoms with van der Waals surface area (Å²) in [5.41, 5.74) is 4.45. The van der Waals surface area contributed by atoms with E-state index < -0.39 is 0 Å². The van der Waals surface area contributed by atoms with E-state index in [-0.39, 0.29) is 5.91 Å². The fourth-order valence-corrected chi connectivity index (χ4v) is 3.72. The van der Waals surface area contributed by atoms with Crippen LogP contribution in [0.1, 0.15) is 49.3 Å². The molecule has 1 aliphatic heterocycles. The highest BCUT2D eigenvalue weighted by atomic mass is 16.3. The molecule has 4 heteroatoms. The second-order valence-electron chi connectivity index (χ2n) is 7.66. The number of carbonyl (C=O) groups excluding carboxylic acids is 1. The van der Waals surface area contributed by atoms with Crippen molar-refractivity contribution >= 4 is 16.9 Å². The maximum atomic E-state index is 12.6. The van der Waals surface area contributed by atoms with Gasteiger partial charge in [0.2, 0.25) is 5.91 Å². The zero-order chi connectivity index (χ0) is 18.0. The Morgan fingerprint density at radius 2 is 2.00 bits per heavy atom. The molecule has 136 valence electrons. The van der Waals surface area contributed by atoms with Crippen molar-refractivity contribution in [2.75, 3.05) is 33.2 Å². The van der Waals surface area contributed by atoms with Gasteiger partial charge in [0.05, 0.1) is 12.7 Å². The van der Waals surface area contributed by atoms with Crippen molar-refractivity contribution in [2.24, 2.45) is 0 Å². The number of likely N-dealkylation sites (N-methyl/N-ethyl adjacent to an activating group) is 1. The van der Waals surface area contributed by atoms with Crippen molar-refractivity contribution in [3.05, 3.63) is 35.1 Å². The summed E-state index contributed by atoms with van der Waals surface area (Å²) in [5.74, 6) is 0.625. The monoisotopic (exact) mass is 342 g/mol. The first-order valence-electron chi connectivity index (χ1n) is 9.42. The fourth-order valence-electron chi connectivity index (χ4n) is 3.72. The van der Waals surface area contributed by atoms with Crippen LogP contribution in [0.2, 0.25) is 0 Å². The Bertz CT molecular complexity index is 742. The van der Waals surface area contributed by atoms with Gasteiger partial charge in [0.15, 0.2) is 0 Å². The number of hydrogen-bond donors (Lipinski definition) is 0. The SMILES string of the molecule is Cc1cc2occ(CC(=O)N(C)CCN3CCCC3)c2cc1C(C)C. The lowest BCUT2D eigenvalue weighted by Gasteiger charge is -2.21. The van der Waals surface area contributed by atoms with Crippen LogP contribution in [0.3, 0.4) is 0 Å². The molecule has 1 saturated heterocycles. The molecule has 0 radical (unpaired) electrons. The summed E-state index contributed by atoms with van der Waals surface area (Å²) in [5, 5.41) is 1.08. The van der Waals surface area contributed by atoms with E-state index in [9.17, 15) is 4.79 Å². The normalized spacial score (nSPS) is 15.4. The van der Waals surface area contributed by atoms with Gasteiger partial charge in [0.25, 0.3) is 0 Å². The minimum absolute atomic E-state index is 0.161. The molecule has 2 heterocycles. The van der Waals surface area contributed by atoms with E-state index in [1.807, 2.05) is 11.9 Å². The van der Waals surface area contributed by atoms with Gasteiger partial charge >= 0.3 is 0 Å². The Morgan fingerprint density at radius 1 is 1.28 bits per heavy atom. The molecule has 0 atom stereocenters. The van der Waals surface area contributed by atoms with Crippen molar-refractivity contribution in [1.82, 2.24) is 9.80 Å². The van der Waals surface area contributed by atoms with E-state index in [1.54, 1.807) is 6.26 Å². The highest BCUT2D eigenvalue weighted by Gasteiger charge is 2.17. The molecule has 0 N–H and O–H groups in total. The van der Waals surface area contributed by atoms with Gasteiger partial charge in [0.1, 0.15) is 5.58 Å². The number of benzene rings is 1. The van der Waals surface area contributed by atoms with Gasteiger partial charge < -0.3 is 14.2 Å². The molecule has 1 aliphatic rings. The minimum Gasteiger partial charge on any atom is -0.464 e. The van der Waals surface area contributed by atoms with Gasteiger partial charge in [-0.15, -0.1) is 0 Å².